The van der Waals surface area contributed by atoms with E-state index in [1.165, 1.54) is 18.4 Å². The molecule has 0 aromatic heterocycles. The van der Waals surface area contributed by atoms with E-state index in [4.69, 9.17) is 0 Å². The van der Waals surface area contributed by atoms with Crippen LogP contribution in [0.15, 0.2) is 23.8 Å². The number of hydrogen-bond acceptors (Lipinski definition) is 2. The second-order valence-electron chi connectivity index (χ2n) is 6.10. The summed E-state index contributed by atoms with van der Waals surface area (Å²) in [5.41, 5.74) is 1.30. The van der Waals surface area contributed by atoms with Gasteiger partial charge >= 0.3 is 0 Å². The summed E-state index contributed by atoms with van der Waals surface area (Å²) >= 11 is 0. The molecule has 2 nitrogen and oxygen atoms in total. The van der Waals surface area contributed by atoms with Crippen LogP contribution in [0.2, 0.25) is 0 Å². The summed E-state index contributed by atoms with van der Waals surface area (Å²) in [5.74, 6) is 0.598. The molecule has 0 amide bonds. The first-order valence-corrected chi connectivity index (χ1v) is 6.63. The van der Waals surface area contributed by atoms with Gasteiger partial charge in [0.2, 0.25) is 0 Å². The lowest BCUT2D eigenvalue weighted by Crippen LogP contribution is -2.47. The number of allylic oxidation sites excluding steroid dienone is 2. The van der Waals surface area contributed by atoms with Gasteiger partial charge in [0.1, 0.15) is 0 Å². The Hall–Kier alpha value is -0.600. The lowest BCUT2D eigenvalue weighted by molar-refractivity contribution is -0.0181. The standard InChI is InChI=1S/C15H24O2/c1-11-5-4-6-13-7-8-15(17,12(2)9-16)10-14(11,13)3/h6,11,16-17H,2,4-5,7-10H2,1,3H3/t11-,14+,15-/m0/s1. The predicted octanol–water partition coefficient (Wildman–Crippen LogP) is 2.81. The van der Waals surface area contributed by atoms with Crippen LogP contribution in [0.3, 0.4) is 0 Å². The van der Waals surface area contributed by atoms with Crippen molar-refractivity contribution in [2.45, 2.75) is 51.6 Å². The SMILES string of the molecule is C=C(CO)[C@]1(O)CCC2=CCC[C@H](C)[C@@]2(C)C1. The third kappa shape index (κ3) is 1.98. The Labute approximate surface area is 104 Å². The Morgan fingerprint density at radius 3 is 2.94 bits per heavy atom. The van der Waals surface area contributed by atoms with Crippen LogP contribution in [0.4, 0.5) is 0 Å². The zero-order chi connectivity index (χ0) is 12.7. The molecular weight excluding hydrogens is 212 g/mol. The van der Waals surface area contributed by atoms with E-state index in [0.29, 0.717) is 24.3 Å². The summed E-state index contributed by atoms with van der Waals surface area (Å²) in [5, 5.41) is 19.9. The quantitative estimate of drug-likeness (QED) is 0.724. The van der Waals surface area contributed by atoms with Crippen LogP contribution in [-0.4, -0.2) is 22.4 Å². The summed E-state index contributed by atoms with van der Waals surface area (Å²) < 4.78 is 0. The third-order valence-electron chi connectivity index (χ3n) is 5.13. The van der Waals surface area contributed by atoms with Gasteiger partial charge in [0.25, 0.3) is 0 Å². The van der Waals surface area contributed by atoms with Crippen LogP contribution in [0, 0.1) is 11.3 Å². The van der Waals surface area contributed by atoms with Crippen molar-refractivity contribution in [1.29, 1.82) is 0 Å². The van der Waals surface area contributed by atoms with Gasteiger partial charge in [0.05, 0.1) is 12.2 Å². The van der Waals surface area contributed by atoms with Crippen molar-refractivity contribution in [3.05, 3.63) is 23.8 Å². The highest BCUT2D eigenvalue weighted by atomic mass is 16.3. The van der Waals surface area contributed by atoms with E-state index in [9.17, 15) is 10.2 Å². The molecule has 0 aromatic carbocycles. The fourth-order valence-corrected chi connectivity index (χ4v) is 3.54. The minimum absolute atomic E-state index is 0.0867. The first-order valence-electron chi connectivity index (χ1n) is 6.63. The van der Waals surface area contributed by atoms with Crippen LogP contribution in [0.25, 0.3) is 0 Å². The molecule has 96 valence electrons. The molecule has 0 aromatic rings. The van der Waals surface area contributed by atoms with E-state index in [1.807, 2.05) is 0 Å². The Kier molecular flexibility index (Phi) is 3.21. The van der Waals surface area contributed by atoms with Crippen molar-refractivity contribution in [2.75, 3.05) is 6.61 Å². The highest BCUT2D eigenvalue weighted by molar-refractivity contribution is 5.28. The summed E-state index contributed by atoms with van der Waals surface area (Å²) in [6.07, 6.45) is 7.09. The van der Waals surface area contributed by atoms with Gasteiger partial charge in [-0.2, -0.15) is 0 Å². The highest BCUT2D eigenvalue weighted by Gasteiger charge is 2.48. The first-order chi connectivity index (χ1) is 7.92. The van der Waals surface area contributed by atoms with Gasteiger partial charge in [-0.3, -0.25) is 0 Å². The molecule has 2 N–H and O–H groups in total. The van der Waals surface area contributed by atoms with Crippen molar-refractivity contribution in [2.24, 2.45) is 11.3 Å². The topological polar surface area (TPSA) is 40.5 Å². The minimum atomic E-state index is -0.869. The molecule has 0 spiro atoms. The maximum atomic E-state index is 10.7. The van der Waals surface area contributed by atoms with Gasteiger partial charge in [0.15, 0.2) is 0 Å². The number of aliphatic hydroxyl groups excluding tert-OH is 1. The molecular formula is C15H24O2. The zero-order valence-corrected chi connectivity index (χ0v) is 11.0. The number of rotatable bonds is 2. The van der Waals surface area contributed by atoms with Crippen LogP contribution < -0.4 is 0 Å². The Bertz CT molecular complexity index is 358. The number of aliphatic hydroxyl groups is 2. The van der Waals surface area contributed by atoms with E-state index in [0.717, 1.165) is 6.42 Å². The predicted molar refractivity (Wildman–Crippen MR) is 69.6 cm³/mol. The Balaban J connectivity index is 2.29. The van der Waals surface area contributed by atoms with Crippen LogP contribution in [-0.2, 0) is 0 Å². The molecule has 0 unspecified atom stereocenters. The van der Waals surface area contributed by atoms with Crippen LogP contribution in [0.5, 0.6) is 0 Å². The van der Waals surface area contributed by atoms with Gasteiger partial charge in [-0.05, 0) is 49.0 Å². The molecule has 0 radical (unpaired) electrons. The van der Waals surface area contributed by atoms with E-state index in [-0.39, 0.29) is 12.0 Å². The van der Waals surface area contributed by atoms with Gasteiger partial charge in [-0.25, -0.2) is 0 Å². The van der Waals surface area contributed by atoms with Gasteiger partial charge in [-0.15, -0.1) is 0 Å². The molecule has 2 heteroatoms. The summed E-state index contributed by atoms with van der Waals surface area (Å²) in [6, 6.07) is 0. The molecule has 2 aliphatic carbocycles. The normalized spacial score (nSPS) is 41.6. The fraction of sp³-hybridized carbons (Fsp3) is 0.733. The molecule has 2 rings (SSSR count). The molecule has 17 heavy (non-hydrogen) atoms. The molecule has 0 heterocycles. The van der Waals surface area contributed by atoms with Crippen molar-refractivity contribution in [3.63, 3.8) is 0 Å². The van der Waals surface area contributed by atoms with Crippen molar-refractivity contribution >= 4 is 0 Å². The first kappa shape index (κ1) is 12.8. The largest absolute Gasteiger partial charge is 0.392 e. The maximum Gasteiger partial charge on any atom is 0.0887 e. The van der Waals surface area contributed by atoms with Gasteiger partial charge < -0.3 is 10.2 Å². The lowest BCUT2D eigenvalue weighted by atomic mass is 9.56. The highest BCUT2D eigenvalue weighted by Crippen LogP contribution is 2.54. The monoisotopic (exact) mass is 236 g/mol. The van der Waals surface area contributed by atoms with E-state index >= 15 is 0 Å². The van der Waals surface area contributed by atoms with E-state index < -0.39 is 5.60 Å². The van der Waals surface area contributed by atoms with Crippen LogP contribution >= 0.6 is 0 Å². The summed E-state index contributed by atoms with van der Waals surface area (Å²) in [4.78, 5) is 0. The van der Waals surface area contributed by atoms with E-state index in [1.54, 1.807) is 0 Å². The summed E-state index contributed by atoms with van der Waals surface area (Å²) in [6.45, 7) is 8.27. The molecule has 0 bridgehead atoms. The van der Waals surface area contributed by atoms with E-state index in [2.05, 4.69) is 26.5 Å². The minimum Gasteiger partial charge on any atom is -0.392 e. The second-order valence-corrected chi connectivity index (χ2v) is 6.10. The Morgan fingerprint density at radius 1 is 1.59 bits per heavy atom. The average molecular weight is 236 g/mol. The van der Waals surface area contributed by atoms with Crippen molar-refractivity contribution < 1.29 is 10.2 Å². The maximum absolute atomic E-state index is 10.7. The second kappa shape index (κ2) is 4.25. The van der Waals surface area contributed by atoms with Gasteiger partial charge in [0, 0.05) is 0 Å². The average Bonchev–Trinajstić information content (AvgIpc) is 2.29. The van der Waals surface area contributed by atoms with Crippen molar-refractivity contribution in [3.8, 4) is 0 Å². The lowest BCUT2D eigenvalue weighted by Gasteiger charge is -2.51. The zero-order valence-electron chi connectivity index (χ0n) is 11.0. The molecule has 1 saturated carbocycles. The fourth-order valence-electron chi connectivity index (χ4n) is 3.54. The molecule has 2 aliphatic rings. The Morgan fingerprint density at radius 2 is 2.29 bits per heavy atom. The molecule has 3 atom stereocenters. The third-order valence-corrected chi connectivity index (χ3v) is 5.13. The molecule has 0 saturated heterocycles. The van der Waals surface area contributed by atoms with Crippen molar-refractivity contribution in [1.82, 2.24) is 0 Å². The van der Waals surface area contributed by atoms with Gasteiger partial charge in [-0.1, -0.05) is 32.1 Å². The van der Waals surface area contributed by atoms with Crippen LogP contribution in [0.1, 0.15) is 46.0 Å². The molecule has 1 fully saturated rings. The molecule has 0 aliphatic heterocycles. The summed E-state index contributed by atoms with van der Waals surface area (Å²) in [7, 11) is 0. The smallest absolute Gasteiger partial charge is 0.0887 e. The number of hydrogen-bond donors (Lipinski definition) is 2. The number of fused-ring (bicyclic) bond motifs is 1.